The van der Waals surface area contributed by atoms with E-state index in [4.69, 9.17) is 0 Å². The van der Waals surface area contributed by atoms with Gasteiger partial charge in [0.05, 0.1) is 0 Å². The first-order valence-electron chi connectivity index (χ1n) is 7.01. The van der Waals surface area contributed by atoms with E-state index >= 15 is 0 Å². The number of hydrogen-bond acceptors (Lipinski definition) is 0. The molecule has 0 aromatic heterocycles. The predicted octanol–water partition coefficient (Wildman–Crippen LogP) is 4.72. The standard InChI is InChI=1S/C17H22.Hf/c1-4-17(5-2)10-14-8-13-7-6-12(3)16(13)9-15(14)11-17;/h6-9,12H,4-5,10-11H2,1-3H3;. The van der Waals surface area contributed by atoms with Crippen LogP contribution < -0.4 is 0 Å². The van der Waals surface area contributed by atoms with Gasteiger partial charge >= 0.3 is 0 Å². The Balaban J connectivity index is 0.00000120. The molecule has 0 fully saturated rings. The summed E-state index contributed by atoms with van der Waals surface area (Å²) in [5.74, 6) is 0.619. The van der Waals surface area contributed by atoms with Crippen molar-refractivity contribution >= 4 is 6.08 Å². The van der Waals surface area contributed by atoms with Crippen LogP contribution in [0.4, 0.5) is 0 Å². The van der Waals surface area contributed by atoms with Crippen LogP contribution in [-0.4, -0.2) is 0 Å². The maximum absolute atomic E-state index is 2.49. The molecule has 2 aliphatic carbocycles. The minimum atomic E-state index is 0. The summed E-state index contributed by atoms with van der Waals surface area (Å²) in [6, 6.07) is 4.94. The fourth-order valence-corrected chi connectivity index (χ4v) is 3.57. The largest absolute Gasteiger partial charge is 0.0767 e. The molecule has 1 atom stereocenters. The van der Waals surface area contributed by atoms with Crippen LogP contribution in [0.15, 0.2) is 18.2 Å². The summed E-state index contributed by atoms with van der Waals surface area (Å²) in [5.41, 5.74) is 6.82. The summed E-state index contributed by atoms with van der Waals surface area (Å²) in [6.07, 6.45) is 9.85. The molecule has 0 heterocycles. The first-order chi connectivity index (χ1) is 8.17. The van der Waals surface area contributed by atoms with E-state index in [0.717, 1.165) is 0 Å². The van der Waals surface area contributed by atoms with Gasteiger partial charge in [-0.2, -0.15) is 0 Å². The average Bonchev–Trinajstić information content (AvgIpc) is 2.88. The zero-order valence-electron chi connectivity index (χ0n) is 11.7. The summed E-state index contributed by atoms with van der Waals surface area (Å²) in [4.78, 5) is 0. The summed E-state index contributed by atoms with van der Waals surface area (Å²) in [7, 11) is 0. The van der Waals surface area contributed by atoms with Crippen LogP contribution in [0.5, 0.6) is 0 Å². The van der Waals surface area contributed by atoms with Gasteiger partial charge in [-0.25, -0.2) is 0 Å². The van der Waals surface area contributed by atoms with Gasteiger partial charge in [-0.15, -0.1) is 0 Å². The van der Waals surface area contributed by atoms with Crippen molar-refractivity contribution in [1.82, 2.24) is 0 Å². The Morgan fingerprint density at radius 3 is 2.33 bits per heavy atom. The fraction of sp³-hybridized carbons (Fsp3) is 0.529. The number of benzene rings is 1. The molecule has 94 valence electrons. The Kier molecular flexibility index (Phi) is 4.02. The van der Waals surface area contributed by atoms with Gasteiger partial charge in [-0.1, -0.05) is 45.1 Å². The van der Waals surface area contributed by atoms with Crippen molar-refractivity contribution in [3.8, 4) is 0 Å². The Morgan fingerprint density at radius 2 is 1.72 bits per heavy atom. The van der Waals surface area contributed by atoms with Gasteiger partial charge in [0.1, 0.15) is 0 Å². The molecule has 1 heteroatoms. The molecule has 2 aliphatic rings. The summed E-state index contributed by atoms with van der Waals surface area (Å²) < 4.78 is 0. The number of rotatable bonds is 2. The molecule has 0 radical (unpaired) electrons. The minimum Gasteiger partial charge on any atom is -0.0767 e. The van der Waals surface area contributed by atoms with E-state index in [2.05, 4.69) is 45.1 Å². The van der Waals surface area contributed by atoms with Gasteiger partial charge in [-0.3, -0.25) is 0 Å². The fourth-order valence-electron chi connectivity index (χ4n) is 3.57. The van der Waals surface area contributed by atoms with E-state index in [-0.39, 0.29) is 25.8 Å². The van der Waals surface area contributed by atoms with Crippen molar-refractivity contribution in [1.29, 1.82) is 0 Å². The molecule has 0 saturated carbocycles. The van der Waals surface area contributed by atoms with Gasteiger partial charge < -0.3 is 0 Å². The monoisotopic (exact) mass is 406 g/mol. The summed E-state index contributed by atoms with van der Waals surface area (Å²) in [6.45, 7) is 7.01. The molecule has 0 saturated heterocycles. The van der Waals surface area contributed by atoms with Crippen LogP contribution in [0, 0.1) is 5.41 Å². The molecule has 1 aromatic rings. The average molecular weight is 405 g/mol. The Morgan fingerprint density at radius 1 is 1.11 bits per heavy atom. The van der Waals surface area contributed by atoms with Crippen LogP contribution in [0.2, 0.25) is 0 Å². The third-order valence-electron chi connectivity index (χ3n) is 5.09. The third-order valence-corrected chi connectivity index (χ3v) is 5.09. The zero-order chi connectivity index (χ0) is 12.0. The summed E-state index contributed by atoms with van der Waals surface area (Å²) >= 11 is 0. The smallest absolute Gasteiger partial charge is 0 e. The first kappa shape index (κ1) is 14.2. The maximum atomic E-state index is 2.49. The van der Waals surface area contributed by atoms with Crippen LogP contribution in [0.1, 0.15) is 61.8 Å². The molecule has 3 rings (SSSR count). The van der Waals surface area contributed by atoms with Crippen LogP contribution in [-0.2, 0) is 38.7 Å². The molecule has 0 nitrogen and oxygen atoms in total. The van der Waals surface area contributed by atoms with Gasteiger partial charge in [0.15, 0.2) is 0 Å². The SMILES string of the molecule is CCC1(CC)Cc2cc3c(cc2C1)C(C)C=C3.[Hf]. The normalized spacial score (nSPS) is 22.5. The number of fused-ring (bicyclic) bond motifs is 2. The van der Waals surface area contributed by atoms with E-state index in [1.165, 1.54) is 31.2 Å². The number of allylic oxidation sites excluding steroid dienone is 1. The van der Waals surface area contributed by atoms with Gasteiger partial charge in [-0.05, 0) is 59.3 Å². The second-order valence-corrected chi connectivity index (χ2v) is 5.96. The van der Waals surface area contributed by atoms with Crippen LogP contribution >= 0.6 is 0 Å². The molecule has 0 amide bonds. The van der Waals surface area contributed by atoms with E-state index in [0.29, 0.717) is 11.3 Å². The number of hydrogen-bond donors (Lipinski definition) is 0. The molecular formula is C17H22Hf. The predicted molar refractivity (Wildman–Crippen MR) is 74.3 cm³/mol. The Hall–Kier alpha value is -0.170. The Bertz CT molecular complexity index is 481. The first-order valence-corrected chi connectivity index (χ1v) is 7.01. The second-order valence-electron chi connectivity index (χ2n) is 5.96. The molecule has 0 bridgehead atoms. The van der Waals surface area contributed by atoms with Crippen LogP contribution in [0.25, 0.3) is 6.08 Å². The van der Waals surface area contributed by atoms with Crippen molar-refractivity contribution in [2.75, 3.05) is 0 Å². The summed E-state index contributed by atoms with van der Waals surface area (Å²) in [5, 5.41) is 0. The topological polar surface area (TPSA) is 0 Å². The quantitative estimate of drug-likeness (QED) is 0.626. The van der Waals surface area contributed by atoms with Crippen LogP contribution in [0.3, 0.4) is 0 Å². The van der Waals surface area contributed by atoms with Crippen molar-refractivity contribution < 1.29 is 25.8 Å². The van der Waals surface area contributed by atoms with Gasteiger partial charge in [0.2, 0.25) is 0 Å². The van der Waals surface area contributed by atoms with Crippen molar-refractivity contribution in [2.45, 2.75) is 52.4 Å². The second kappa shape index (κ2) is 5.07. The molecule has 0 N–H and O–H groups in total. The van der Waals surface area contributed by atoms with Crippen molar-refractivity contribution in [3.05, 3.63) is 40.5 Å². The van der Waals surface area contributed by atoms with E-state index < -0.39 is 0 Å². The molecule has 0 spiro atoms. The van der Waals surface area contributed by atoms with Crippen molar-refractivity contribution in [3.63, 3.8) is 0 Å². The molecule has 0 aliphatic heterocycles. The molecule has 1 aromatic carbocycles. The third kappa shape index (κ3) is 2.09. The van der Waals surface area contributed by atoms with Gasteiger partial charge in [0.25, 0.3) is 0 Å². The molecule has 1 unspecified atom stereocenters. The minimum absolute atomic E-state index is 0. The van der Waals surface area contributed by atoms with E-state index in [9.17, 15) is 0 Å². The molecule has 18 heavy (non-hydrogen) atoms. The molecular weight excluding hydrogens is 383 g/mol. The van der Waals surface area contributed by atoms with Gasteiger partial charge in [0, 0.05) is 25.8 Å². The Labute approximate surface area is 130 Å². The zero-order valence-corrected chi connectivity index (χ0v) is 15.3. The van der Waals surface area contributed by atoms with Crippen molar-refractivity contribution in [2.24, 2.45) is 5.41 Å². The van der Waals surface area contributed by atoms with E-state index in [1.807, 2.05) is 0 Å². The van der Waals surface area contributed by atoms with E-state index in [1.54, 1.807) is 16.7 Å². The maximum Gasteiger partial charge on any atom is 0 e.